The van der Waals surface area contributed by atoms with Crippen LogP contribution in [0.4, 0.5) is 22.0 Å². The van der Waals surface area contributed by atoms with Gasteiger partial charge in [0.25, 0.3) is 0 Å². The quantitative estimate of drug-likeness (QED) is 0.179. The van der Waals surface area contributed by atoms with Gasteiger partial charge in [-0.05, 0) is 80.3 Å². The number of terminal acetylenes is 1. The molecule has 0 bridgehead atoms. The van der Waals surface area contributed by atoms with Gasteiger partial charge in [0.05, 0.1) is 11.6 Å². The van der Waals surface area contributed by atoms with Crippen LogP contribution in [-0.2, 0) is 0 Å². The summed E-state index contributed by atoms with van der Waals surface area (Å²) in [4.78, 5) is 4.93. The van der Waals surface area contributed by atoms with Gasteiger partial charge in [-0.1, -0.05) is 68.5 Å². The van der Waals surface area contributed by atoms with Crippen LogP contribution in [0.2, 0.25) is 0 Å². The number of nitrogens with zero attached hydrogens (tertiary/aromatic N) is 1. The molecule has 1 aromatic rings. The van der Waals surface area contributed by atoms with Crippen molar-refractivity contribution >= 4 is 17.5 Å². The third kappa shape index (κ3) is 11.7. The minimum absolute atomic E-state index is 0.0276. The van der Waals surface area contributed by atoms with E-state index in [9.17, 15) is 22.0 Å². The Bertz CT molecular complexity index is 1080. The molecule has 1 nitrogen and oxygen atoms in total. The SMILES string of the molecule is C#CC.C/C=C(\CC/C=C\CC1=CC=CC(C2CCC(c3c(F)cccc3F)=N2)C=C1)SC(F)(F)F.CC. The Labute approximate surface area is 228 Å². The smallest absolute Gasteiger partial charge is 0.285 e. The number of aliphatic imine (C=N–C) groups is 1. The van der Waals surface area contributed by atoms with Crippen LogP contribution in [0, 0.1) is 29.9 Å². The molecule has 0 spiro atoms. The van der Waals surface area contributed by atoms with Crippen molar-refractivity contribution in [1.29, 1.82) is 0 Å². The summed E-state index contributed by atoms with van der Waals surface area (Å²) in [6.07, 6.45) is 22.9. The summed E-state index contributed by atoms with van der Waals surface area (Å²) in [6.45, 7) is 7.27. The van der Waals surface area contributed by atoms with E-state index in [4.69, 9.17) is 0 Å². The van der Waals surface area contributed by atoms with E-state index in [1.165, 1.54) is 24.3 Å². The van der Waals surface area contributed by atoms with Crippen molar-refractivity contribution in [3.8, 4) is 12.3 Å². The first-order chi connectivity index (χ1) is 18.2. The van der Waals surface area contributed by atoms with Crippen molar-refractivity contribution in [3.05, 3.63) is 94.5 Å². The molecule has 0 amide bonds. The largest absolute Gasteiger partial charge is 0.446 e. The number of allylic oxidation sites excluding steroid dienone is 8. The van der Waals surface area contributed by atoms with E-state index in [1.54, 1.807) is 13.8 Å². The molecule has 1 aromatic carbocycles. The maximum Gasteiger partial charge on any atom is 0.446 e. The number of hydrogen-bond donors (Lipinski definition) is 0. The molecule has 38 heavy (non-hydrogen) atoms. The van der Waals surface area contributed by atoms with E-state index in [-0.39, 0.29) is 29.3 Å². The van der Waals surface area contributed by atoms with Gasteiger partial charge in [0.1, 0.15) is 11.6 Å². The Morgan fingerprint density at radius 1 is 1.16 bits per heavy atom. The molecule has 0 aromatic heterocycles. The molecule has 0 saturated heterocycles. The normalized spacial score (nSPS) is 19.0. The van der Waals surface area contributed by atoms with Crippen LogP contribution in [0.25, 0.3) is 0 Å². The van der Waals surface area contributed by atoms with E-state index in [1.807, 2.05) is 50.3 Å². The number of thioether (sulfide) groups is 1. The van der Waals surface area contributed by atoms with Gasteiger partial charge in [-0.3, -0.25) is 4.99 Å². The predicted octanol–water partition coefficient (Wildman–Crippen LogP) is 10.1. The lowest BCUT2D eigenvalue weighted by molar-refractivity contribution is -0.0322. The fraction of sp³-hybridized carbons (Fsp3) is 0.387. The van der Waals surface area contributed by atoms with Gasteiger partial charge in [0, 0.05) is 11.6 Å². The summed E-state index contributed by atoms with van der Waals surface area (Å²) in [5, 5.41) is 0. The average Bonchev–Trinajstić information content (AvgIpc) is 3.22. The minimum Gasteiger partial charge on any atom is -0.285 e. The second-order valence-corrected chi connectivity index (χ2v) is 9.34. The van der Waals surface area contributed by atoms with Crippen LogP contribution in [0.1, 0.15) is 65.4 Å². The Morgan fingerprint density at radius 2 is 1.82 bits per heavy atom. The number of halogens is 5. The Morgan fingerprint density at radius 3 is 2.42 bits per heavy atom. The van der Waals surface area contributed by atoms with Crippen molar-refractivity contribution in [1.82, 2.24) is 0 Å². The van der Waals surface area contributed by atoms with E-state index < -0.39 is 17.1 Å². The third-order valence-corrected chi connectivity index (χ3v) is 6.45. The monoisotopic (exact) mass is 549 g/mol. The maximum absolute atomic E-state index is 14.1. The van der Waals surface area contributed by atoms with Gasteiger partial charge >= 0.3 is 5.51 Å². The minimum atomic E-state index is -4.25. The Balaban J connectivity index is 0.00000135. The van der Waals surface area contributed by atoms with Crippen LogP contribution in [0.15, 0.2) is 82.3 Å². The number of rotatable bonds is 8. The molecular weight excluding hydrogens is 513 g/mol. The highest BCUT2D eigenvalue weighted by molar-refractivity contribution is 8.03. The third-order valence-electron chi connectivity index (χ3n) is 5.52. The van der Waals surface area contributed by atoms with Crippen LogP contribution in [0.5, 0.6) is 0 Å². The summed E-state index contributed by atoms with van der Waals surface area (Å²) in [6, 6.07) is 3.77. The average molecular weight is 550 g/mol. The van der Waals surface area contributed by atoms with Crippen molar-refractivity contribution in [2.24, 2.45) is 10.9 Å². The molecule has 0 fully saturated rings. The lowest BCUT2D eigenvalue weighted by Gasteiger charge is -2.12. The topological polar surface area (TPSA) is 12.4 Å². The molecule has 7 heteroatoms. The standard InChI is InChI=1S/C26H26F5NS.C3H4.C2H6/c1-2-20(33-26(29,30)31)11-5-3-4-8-18-9-6-10-19(15-14-18)23-16-17-24(32-23)25-21(27)12-7-13-22(25)28;1-3-2;1-2/h2-4,6-7,9-10,12-15,19,23H,5,8,11,16-17H2,1H3;1H,2H3;1-2H3/b4-3-,20-2+;;. The second-order valence-electron chi connectivity index (χ2n) is 8.15. The van der Waals surface area contributed by atoms with Gasteiger partial charge in [-0.15, -0.1) is 12.3 Å². The molecule has 2 atom stereocenters. The molecule has 0 radical (unpaired) electrons. The highest BCUT2D eigenvalue weighted by Crippen LogP contribution is 2.38. The summed E-state index contributed by atoms with van der Waals surface area (Å²) >= 11 is -0.0536. The molecule has 3 rings (SSSR count). The molecule has 1 aliphatic heterocycles. The van der Waals surface area contributed by atoms with Gasteiger partial charge in [-0.2, -0.15) is 13.2 Å². The zero-order valence-corrected chi connectivity index (χ0v) is 23.2. The molecule has 0 N–H and O–H groups in total. The molecule has 206 valence electrons. The molecule has 0 saturated carbocycles. The summed E-state index contributed by atoms with van der Waals surface area (Å²) in [7, 11) is 0. The van der Waals surface area contributed by atoms with E-state index in [0.717, 1.165) is 12.0 Å². The predicted molar refractivity (Wildman–Crippen MR) is 152 cm³/mol. The van der Waals surface area contributed by atoms with Crippen molar-refractivity contribution in [2.75, 3.05) is 0 Å². The number of hydrogen-bond acceptors (Lipinski definition) is 2. The molecule has 1 aliphatic carbocycles. The maximum atomic E-state index is 14.1. The van der Waals surface area contributed by atoms with E-state index in [0.29, 0.717) is 36.3 Å². The molecule has 2 aliphatic rings. The van der Waals surface area contributed by atoms with Crippen LogP contribution >= 0.6 is 11.8 Å². The first-order valence-electron chi connectivity index (χ1n) is 12.7. The summed E-state index contributed by atoms with van der Waals surface area (Å²) in [5.74, 6) is 1.11. The zero-order chi connectivity index (χ0) is 28.6. The summed E-state index contributed by atoms with van der Waals surface area (Å²) < 4.78 is 65.6. The van der Waals surface area contributed by atoms with Crippen molar-refractivity contribution in [3.63, 3.8) is 0 Å². The summed E-state index contributed by atoms with van der Waals surface area (Å²) in [5.41, 5.74) is -2.73. The number of benzene rings is 1. The highest BCUT2D eigenvalue weighted by Gasteiger charge is 2.29. The van der Waals surface area contributed by atoms with Gasteiger partial charge in [0.2, 0.25) is 0 Å². The van der Waals surface area contributed by atoms with Gasteiger partial charge < -0.3 is 0 Å². The van der Waals surface area contributed by atoms with E-state index in [2.05, 4.69) is 23.4 Å². The first-order valence-corrected chi connectivity index (χ1v) is 13.5. The van der Waals surface area contributed by atoms with Gasteiger partial charge in [0.15, 0.2) is 0 Å². The highest BCUT2D eigenvalue weighted by atomic mass is 32.2. The second kappa shape index (κ2) is 17.6. The first kappa shape index (κ1) is 33.2. The molecule has 1 heterocycles. The van der Waals surface area contributed by atoms with Crippen molar-refractivity contribution in [2.45, 2.75) is 71.3 Å². The zero-order valence-electron chi connectivity index (χ0n) is 22.4. The van der Waals surface area contributed by atoms with Crippen molar-refractivity contribution < 1.29 is 22.0 Å². The Kier molecular flexibility index (Phi) is 15.4. The van der Waals surface area contributed by atoms with Gasteiger partial charge in [-0.25, -0.2) is 8.78 Å². The van der Waals surface area contributed by atoms with Crippen LogP contribution in [0.3, 0.4) is 0 Å². The lowest BCUT2D eigenvalue weighted by Crippen LogP contribution is -2.11. The molecular formula is C31H36F5NS. The lowest BCUT2D eigenvalue weighted by atomic mass is 9.96. The number of alkyl halides is 3. The van der Waals surface area contributed by atoms with Crippen LogP contribution in [-0.4, -0.2) is 17.3 Å². The van der Waals surface area contributed by atoms with E-state index >= 15 is 0 Å². The fourth-order valence-electron chi connectivity index (χ4n) is 3.88. The molecule has 2 unspecified atom stereocenters. The fourth-order valence-corrected chi connectivity index (χ4v) is 4.51. The van der Waals surface area contributed by atoms with Crippen LogP contribution < -0.4 is 0 Å². The Hall–Kier alpha value is -2.85.